The molecule has 13 heavy (non-hydrogen) atoms. The highest BCUT2D eigenvalue weighted by Crippen LogP contribution is 2.31. The molecule has 2 rings (SSSR count). The fraction of sp³-hybridized carbons (Fsp3) is 0.200. The van der Waals surface area contributed by atoms with Crippen LogP contribution < -0.4 is 0 Å². The maximum Gasteiger partial charge on any atom is 0.175 e. The lowest BCUT2D eigenvalue weighted by molar-refractivity contribution is 0.199. The number of rotatable bonds is 1. The van der Waals surface area contributed by atoms with E-state index in [-0.39, 0.29) is 5.75 Å². The Balaban J connectivity index is 2.75. The Kier molecular flexibility index (Phi) is 1.74. The van der Waals surface area contributed by atoms with E-state index in [4.69, 9.17) is 4.42 Å². The zero-order valence-corrected chi connectivity index (χ0v) is 7.19. The van der Waals surface area contributed by atoms with Crippen LogP contribution in [-0.2, 0) is 0 Å². The van der Waals surface area contributed by atoms with Gasteiger partial charge in [-0.25, -0.2) is 0 Å². The molecule has 0 aliphatic heterocycles. The first-order valence-corrected chi connectivity index (χ1v) is 4.07. The van der Waals surface area contributed by atoms with Gasteiger partial charge in [0, 0.05) is 10.9 Å². The third-order valence-electron chi connectivity index (χ3n) is 2.06. The number of aromatic hydroxyl groups is 1. The molecule has 0 saturated heterocycles. The van der Waals surface area contributed by atoms with Gasteiger partial charge in [-0.1, -0.05) is 12.1 Å². The molecule has 1 heterocycles. The van der Waals surface area contributed by atoms with E-state index in [9.17, 15) is 10.2 Å². The molecule has 0 aliphatic rings. The molecule has 0 spiro atoms. The fourth-order valence-electron chi connectivity index (χ4n) is 1.39. The summed E-state index contributed by atoms with van der Waals surface area (Å²) in [6.07, 6.45) is 0.887. The van der Waals surface area contributed by atoms with Crippen molar-refractivity contribution in [3.8, 4) is 5.75 Å². The van der Waals surface area contributed by atoms with E-state index >= 15 is 0 Å². The number of aliphatic hydroxyl groups is 1. The zero-order valence-electron chi connectivity index (χ0n) is 7.19. The van der Waals surface area contributed by atoms with E-state index in [0.717, 1.165) is 5.39 Å². The Hall–Kier alpha value is -1.48. The Morgan fingerprint density at radius 3 is 2.85 bits per heavy atom. The van der Waals surface area contributed by atoms with Gasteiger partial charge in [-0.2, -0.15) is 0 Å². The molecule has 1 unspecified atom stereocenters. The van der Waals surface area contributed by atoms with Gasteiger partial charge in [0.25, 0.3) is 0 Å². The summed E-state index contributed by atoms with van der Waals surface area (Å²) in [4.78, 5) is 0. The van der Waals surface area contributed by atoms with E-state index < -0.39 is 6.10 Å². The average Bonchev–Trinajstić information content (AvgIpc) is 2.48. The van der Waals surface area contributed by atoms with Gasteiger partial charge in [0.2, 0.25) is 0 Å². The molecule has 2 N–H and O–H groups in total. The van der Waals surface area contributed by atoms with Gasteiger partial charge in [-0.3, -0.25) is 0 Å². The lowest BCUT2D eigenvalue weighted by atomic mass is 10.1. The second-order valence-electron chi connectivity index (χ2n) is 3.02. The maximum atomic E-state index is 9.39. The van der Waals surface area contributed by atoms with Crippen LogP contribution in [0.25, 0.3) is 11.0 Å². The quantitative estimate of drug-likeness (QED) is 0.703. The van der Waals surface area contributed by atoms with Crippen LogP contribution in [0.4, 0.5) is 0 Å². The second-order valence-corrected chi connectivity index (χ2v) is 3.02. The number of phenols is 1. The molecule has 68 valence electrons. The average molecular weight is 178 g/mol. The number of para-hydroxylation sites is 1. The summed E-state index contributed by atoms with van der Waals surface area (Å²) in [6, 6.07) is 5.08. The predicted molar refractivity (Wildman–Crippen MR) is 48.5 cm³/mol. The van der Waals surface area contributed by atoms with Crippen molar-refractivity contribution in [3.05, 3.63) is 30.0 Å². The van der Waals surface area contributed by atoms with Gasteiger partial charge < -0.3 is 14.6 Å². The van der Waals surface area contributed by atoms with Crippen molar-refractivity contribution < 1.29 is 14.6 Å². The van der Waals surface area contributed by atoms with Crippen molar-refractivity contribution in [1.29, 1.82) is 0 Å². The lowest BCUT2D eigenvalue weighted by Gasteiger charge is -1.99. The van der Waals surface area contributed by atoms with Crippen LogP contribution in [0.1, 0.15) is 18.6 Å². The summed E-state index contributed by atoms with van der Waals surface area (Å²) in [5, 5.41) is 19.5. The minimum absolute atomic E-state index is 0.101. The largest absolute Gasteiger partial charge is 0.504 e. The monoisotopic (exact) mass is 178 g/mol. The summed E-state index contributed by atoms with van der Waals surface area (Å²) in [6.45, 7) is 1.66. The third kappa shape index (κ3) is 1.17. The molecule has 2 aromatic rings. The first-order chi connectivity index (χ1) is 6.20. The highest BCUT2D eigenvalue weighted by atomic mass is 16.3. The van der Waals surface area contributed by atoms with Gasteiger partial charge >= 0.3 is 0 Å². The van der Waals surface area contributed by atoms with Crippen LogP contribution in [0.2, 0.25) is 0 Å². The first-order valence-electron chi connectivity index (χ1n) is 4.07. The Morgan fingerprint density at radius 2 is 2.15 bits per heavy atom. The van der Waals surface area contributed by atoms with Gasteiger partial charge in [-0.15, -0.1) is 0 Å². The maximum absolute atomic E-state index is 9.39. The molecule has 1 aromatic carbocycles. The van der Waals surface area contributed by atoms with E-state index in [1.165, 1.54) is 6.26 Å². The topological polar surface area (TPSA) is 53.6 Å². The highest BCUT2D eigenvalue weighted by Gasteiger charge is 2.11. The van der Waals surface area contributed by atoms with Gasteiger partial charge in [-0.05, 0) is 13.0 Å². The van der Waals surface area contributed by atoms with Crippen molar-refractivity contribution >= 4 is 11.0 Å². The standard InChI is InChI=1S/C10H10O3/c1-6(11)8-5-13-10-7(8)3-2-4-9(10)12/h2-6,11-12H,1H3. The van der Waals surface area contributed by atoms with Crippen molar-refractivity contribution in [3.63, 3.8) is 0 Å². The molecular weight excluding hydrogens is 168 g/mol. The third-order valence-corrected chi connectivity index (χ3v) is 2.06. The van der Waals surface area contributed by atoms with Crippen molar-refractivity contribution in [2.45, 2.75) is 13.0 Å². The summed E-state index contributed by atoms with van der Waals surface area (Å²) < 4.78 is 5.13. The van der Waals surface area contributed by atoms with Crippen LogP contribution >= 0.6 is 0 Å². The van der Waals surface area contributed by atoms with E-state index in [0.29, 0.717) is 11.1 Å². The zero-order chi connectivity index (χ0) is 9.42. The molecule has 3 heteroatoms. The molecule has 0 aliphatic carbocycles. The summed E-state index contributed by atoms with van der Waals surface area (Å²) >= 11 is 0. The Bertz CT molecular complexity index is 429. The van der Waals surface area contributed by atoms with Crippen LogP contribution in [0, 0.1) is 0 Å². The molecular formula is C10H10O3. The molecule has 3 nitrogen and oxygen atoms in total. The van der Waals surface area contributed by atoms with Crippen LogP contribution in [0.15, 0.2) is 28.9 Å². The molecule has 0 bridgehead atoms. The lowest BCUT2D eigenvalue weighted by Crippen LogP contribution is -1.87. The number of fused-ring (bicyclic) bond motifs is 1. The summed E-state index contributed by atoms with van der Waals surface area (Å²) in [5.41, 5.74) is 1.13. The van der Waals surface area contributed by atoms with Crippen molar-refractivity contribution in [2.24, 2.45) is 0 Å². The minimum Gasteiger partial charge on any atom is -0.504 e. The minimum atomic E-state index is -0.581. The number of benzene rings is 1. The normalized spacial score (nSPS) is 13.4. The summed E-state index contributed by atoms with van der Waals surface area (Å²) in [7, 11) is 0. The second kappa shape index (κ2) is 2.78. The van der Waals surface area contributed by atoms with E-state index in [2.05, 4.69) is 0 Å². The van der Waals surface area contributed by atoms with Crippen LogP contribution in [-0.4, -0.2) is 10.2 Å². The molecule has 1 aromatic heterocycles. The van der Waals surface area contributed by atoms with E-state index in [1.54, 1.807) is 25.1 Å². The molecule has 0 fully saturated rings. The number of aliphatic hydroxyl groups excluding tert-OH is 1. The molecule has 0 amide bonds. The first kappa shape index (κ1) is 8.13. The Morgan fingerprint density at radius 1 is 1.38 bits per heavy atom. The van der Waals surface area contributed by atoms with Crippen molar-refractivity contribution in [2.75, 3.05) is 0 Å². The number of hydrogen-bond acceptors (Lipinski definition) is 3. The van der Waals surface area contributed by atoms with E-state index in [1.807, 2.05) is 0 Å². The number of phenolic OH excluding ortho intramolecular Hbond substituents is 1. The predicted octanol–water partition coefficient (Wildman–Crippen LogP) is 2.19. The molecule has 1 atom stereocenters. The SMILES string of the molecule is CC(O)c1coc2c(O)cccc12. The highest BCUT2D eigenvalue weighted by molar-refractivity contribution is 5.86. The Labute approximate surface area is 75.2 Å². The molecule has 0 radical (unpaired) electrons. The van der Waals surface area contributed by atoms with Crippen LogP contribution in [0.3, 0.4) is 0 Å². The number of furan rings is 1. The summed E-state index contributed by atoms with van der Waals surface area (Å²) in [5.74, 6) is 0.101. The fourth-order valence-corrected chi connectivity index (χ4v) is 1.39. The number of hydrogen-bond donors (Lipinski definition) is 2. The van der Waals surface area contributed by atoms with Crippen LogP contribution in [0.5, 0.6) is 5.75 Å². The van der Waals surface area contributed by atoms with Crippen molar-refractivity contribution in [1.82, 2.24) is 0 Å². The van der Waals surface area contributed by atoms with Gasteiger partial charge in [0.05, 0.1) is 12.4 Å². The smallest absolute Gasteiger partial charge is 0.175 e. The van der Waals surface area contributed by atoms with Gasteiger partial charge in [0.1, 0.15) is 0 Å². The molecule has 0 saturated carbocycles. The van der Waals surface area contributed by atoms with Gasteiger partial charge in [0.15, 0.2) is 11.3 Å².